The fraction of sp³-hybridized carbons (Fsp3) is 0.750. The van der Waals surface area contributed by atoms with E-state index in [2.05, 4.69) is 4.74 Å². The second kappa shape index (κ2) is 6.38. The smallest absolute Gasteiger partial charge is 0.337 e. The number of aliphatic hydroxyl groups is 4. The first kappa shape index (κ1) is 14.8. The van der Waals surface area contributed by atoms with Crippen molar-refractivity contribution in [1.29, 1.82) is 0 Å². The number of aliphatic hydroxyl groups excluding tert-OH is 4. The summed E-state index contributed by atoms with van der Waals surface area (Å²) in [6.45, 7) is 1.40. The lowest BCUT2D eigenvalue weighted by Gasteiger charge is -2.23. The van der Waals surface area contributed by atoms with Crippen LogP contribution in [-0.4, -0.2) is 68.5 Å². The average Bonchev–Trinajstić information content (AvgIpc) is 2.25. The van der Waals surface area contributed by atoms with E-state index in [-0.39, 0.29) is 6.61 Å². The van der Waals surface area contributed by atoms with E-state index >= 15 is 0 Å². The molecule has 8 nitrogen and oxygen atoms in total. The lowest BCUT2D eigenvalue weighted by molar-refractivity contribution is -0.175. The Morgan fingerprint density at radius 3 is 1.88 bits per heavy atom. The lowest BCUT2D eigenvalue weighted by atomic mass is 10.0. The number of carboxylic acids is 1. The van der Waals surface area contributed by atoms with Gasteiger partial charge in [0.05, 0.1) is 6.61 Å². The molecule has 0 radical (unpaired) electrons. The van der Waals surface area contributed by atoms with Gasteiger partial charge in [0.15, 0.2) is 12.2 Å². The molecule has 16 heavy (non-hydrogen) atoms. The van der Waals surface area contributed by atoms with E-state index in [1.807, 2.05) is 0 Å². The monoisotopic (exact) mass is 238 g/mol. The lowest BCUT2D eigenvalue weighted by Crippen LogP contribution is -2.50. The standard InChI is InChI=1S/C8H14O8/c1-2-16-8(15)6(12)4(10)3(9)5(11)7(13)14/h3-6,9-12H,2H2,1H3,(H,13,14)/t3-,4-,5-,6-/m0/s1. The van der Waals surface area contributed by atoms with E-state index in [1.54, 1.807) is 0 Å². The summed E-state index contributed by atoms with van der Waals surface area (Å²) in [5, 5.41) is 44.6. The number of aliphatic carboxylic acids is 1. The van der Waals surface area contributed by atoms with Crippen LogP contribution in [0.3, 0.4) is 0 Å². The van der Waals surface area contributed by atoms with E-state index in [0.717, 1.165) is 0 Å². The van der Waals surface area contributed by atoms with Crippen LogP contribution in [0.25, 0.3) is 0 Å². The number of hydrogen-bond donors (Lipinski definition) is 5. The van der Waals surface area contributed by atoms with Crippen LogP contribution in [-0.2, 0) is 14.3 Å². The van der Waals surface area contributed by atoms with Crippen LogP contribution in [0.5, 0.6) is 0 Å². The van der Waals surface area contributed by atoms with Crippen molar-refractivity contribution < 1.29 is 39.9 Å². The van der Waals surface area contributed by atoms with Gasteiger partial charge in [-0.1, -0.05) is 0 Å². The quantitative estimate of drug-likeness (QED) is 0.309. The number of carboxylic acid groups (broad SMARTS) is 1. The Balaban J connectivity index is 4.47. The molecule has 0 aromatic rings. The molecular formula is C8H14O8. The zero-order valence-corrected chi connectivity index (χ0v) is 8.48. The molecule has 0 saturated carbocycles. The third-order valence-corrected chi connectivity index (χ3v) is 1.78. The normalized spacial score (nSPS) is 18.3. The van der Waals surface area contributed by atoms with Gasteiger partial charge in [-0.2, -0.15) is 0 Å². The molecule has 0 unspecified atom stereocenters. The van der Waals surface area contributed by atoms with E-state index in [4.69, 9.17) is 20.4 Å². The molecule has 0 aliphatic rings. The number of esters is 1. The van der Waals surface area contributed by atoms with Gasteiger partial charge in [-0.25, -0.2) is 9.59 Å². The molecule has 0 heterocycles. The first-order valence-electron chi connectivity index (χ1n) is 4.44. The maximum Gasteiger partial charge on any atom is 0.337 e. The topological polar surface area (TPSA) is 145 Å². The molecule has 0 rings (SSSR count). The maximum absolute atomic E-state index is 10.9. The van der Waals surface area contributed by atoms with Gasteiger partial charge < -0.3 is 30.3 Å². The number of rotatable bonds is 6. The number of ether oxygens (including phenoxy) is 1. The summed E-state index contributed by atoms with van der Waals surface area (Å²) in [5.74, 6) is -3.01. The molecule has 0 aliphatic heterocycles. The minimum absolute atomic E-state index is 0.0554. The van der Waals surface area contributed by atoms with Crippen molar-refractivity contribution in [2.45, 2.75) is 31.3 Å². The van der Waals surface area contributed by atoms with Crippen LogP contribution in [0.2, 0.25) is 0 Å². The summed E-state index contributed by atoms with van der Waals surface area (Å²) in [5.41, 5.74) is 0. The minimum Gasteiger partial charge on any atom is -0.479 e. The molecule has 0 aliphatic carbocycles. The number of hydrogen-bond acceptors (Lipinski definition) is 7. The van der Waals surface area contributed by atoms with Gasteiger partial charge in [-0.3, -0.25) is 0 Å². The molecule has 0 spiro atoms. The summed E-state index contributed by atoms with van der Waals surface area (Å²) in [4.78, 5) is 21.2. The Bertz CT molecular complexity index is 252. The molecule has 0 saturated heterocycles. The van der Waals surface area contributed by atoms with Crippen LogP contribution in [0.15, 0.2) is 0 Å². The highest BCUT2D eigenvalue weighted by Crippen LogP contribution is 2.07. The third-order valence-electron chi connectivity index (χ3n) is 1.78. The zero-order valence-electron chi connectivity index (χ0n) is 8.48. The molecule has 0 aromatic carbocycles. The molecule has 4 atom stereocenters. The van der Waals surface area contributed by atoms with Crippen molar-refractivity contribution in [3.05, 3.63) is 0 Å². The van der Waals surface area contributed by atoms with Gasteiger partial charge in [0, 0.05) is 0 Å². The van der Waals surface area contributed by atoms with Crippen LogP contribution in [0, 0.1) is 0 Å². The first-order chi connectivity index (χ1) is 7.32. The zero-order chi connectivity index (χ0) is 12.9. The van der Waals surface area contributed by atoms with E-state index in [0.29, 0.717) is 0 Å². The van der Waals surface area contributed by atoms with Crippen molar-refractivity contribution in [1.82, 2.24) is 0 Å². The summed E-state index contributed by atoms with van der Waals surface area (Å²) in [7, 11) is 0. The molecule has 8 heteroatoms. The molecule has 5 N–H and O–H groups in total. The Kier molecular flexibility index (Phi) is 5.89. The summed E-state index contributed by atoms with van der Waals surface area (Å²) < 4.78 is 4.33. The minimum atomic E-state index is -2.31. The Morgan fingerprint density at radius 2 is 1.50 bits per heavy atom. The van der Waals surface area contributed by atoms with Crippen LogP contribution >= 0.6 is 0 Å². The molecule has 0 fully saturated rings. The fourth-order valence-corrected chi connectivity index (χ4v) is 0.887. The van der Waals surface area contributed by atoms with Crippen molar-refractivity contribution >= 4 is 11.9 Å². The van der Waals surface area contributed by atoms with Crippen LogP contribution in [0.4, 0.5) is 0 Å². The second-order valence-corrected chi connectivity index (χ2v) is 2.96. The maximum atomic E-state index is 10.9. The van der Waals surface area contributed by atoms with Gasteiger partial charge >= 0.3 is 11.9 Å². The van der Waals surface area contributed by atoms with Gasteiger partial charge in [0.2, 0.25) is 0 Å². The number of carbonyl (C=O) groups excluding carboxylic acids is 1. The summed E-state index contributed by atoms with van der Waals surface area (Å²) >= 11 is 0. The summed E-state index contributed by atoms with van der Waals surface area (Å²) in [6, 6.07) is 0. The molecule has 0 aromatic heterocycles. The van der Waals surface area contributed by atoms with E-state index in [1.165, 1.54) is 6.92 Å². The van der Waals surface area contributed by atoms with Gasteiger partial charge in [-0.15, -0.1) is 0 Å². The predicted octanol–water partition coefficient (Wildman–Crippen LogP) is -2.92. The Labute approximate surface area is 90.7 Å². The van der Waals surface area contributed by atoms with E-state index < -0.39 is 36.4 Å². The highest BCUT2D eigenvalue weighted by atomic mass is 16.5. The van der Waals surface area contributed by atoms with Crippen molar-refractivity contribution in [2.75, 3.05) is 6.61 Å². The molecule has 94 valence electrons. The second-order valence-electron chi connectivity index (χ2n) is 2.96. The average molecular weight is 238 g/mol. The SMILES string of the molecule is CCOC(=O)[C@@H](O)[C@@H](O)[C@H](O)[C@H](O)C(=O)O. The molecule has 0 amide bonds. The Morgan fingerprint density at radius 1 is 1.06 bits per heavy atom. The van der Waals surface area contributed by atoms with Gasteiger partial charge in [0.1, 0.15) is 12.2 Å². The predicted molar refractivity (Wildman–Crippen MR) is 48.3 cm³/mol. The highest BCUT2D eigenvalue weighted by Gasteiger charge is 2.37. The van der Waals surface area contributed by atoms with Crippen molar-refractivity contribution in [3.63, 3.8) is 0 Å². The van der Waals surface area contributed by atoms with Crippen LogP contribution < -0.4 is 0 Å². The fourth-order valence-electron chi connectivity index (χ4n) is 0.887. The third kappa shape index (κ3) is 3.74. The number of carbonyl (C=O) groups is 2. The summed E-state index contributed by atoms with van der Waals surface area (Å²) in [6.07, 6.45) is -8.77. The molecular weight excluding hydrogens is 224 g/mol. The van der Waals surface area contributed by atoms with Gasteiger partial charge in [-0.05, 0) is 6.92 Å². The van der Waals surface area contributed by atoms with E-state index in [9.17, 15) is 14.7 Å². The van der Waals surface area contributed by atoms with Crippen molar-refractivity contribution in [3.8, 4) is 0 Å². The van der Waals surface area contributed by atoms with Gasteiger partial charge in [0.25, 0.3) is 0 Å². The van der Waals surface area contributed by atoms with Crippen LogP contribution in [0.1, 0.15) is 6.92 Å². The highest BCUT2D eigenvalue weighted by molar-refractivity contribution is 5.76. The van der Waals surface area contributed by atoms with Crippen molar-refractivity contribution in [2.24, 2.45) is 0 Å². The Hall–Kier alpha value is -1.22. The largest absolute Gasteiger partial charge is 0.479 e. The molecule has 0 bridgehead atoms. The first-order valence-corrected chi connectivity index (χ1v) is 4.44.